The molecule has 1 aromatic heterocycles. The Labute approximate surface area is 239 Å². The summed E-state index contributed by atoms with van der Waals surface area (Å²) in [7, 11) is 0. The molecular formula is C23H10BrClF11N3O3. The molecule has 3 rings (SSSR count). The number of halogens is 13. The zero-order valence-electron chi connectivity index (χ0n) is 19.7. The highest BCUT2D eigenvalue weighted by Gasteiger charge is 2.73. The lowest BCUT2D eigenvalue weighted by Gasteiger charge is -2.31. The first-order valence-electron chi connectivity index (χ1n) is 10.6. The Balaban J connectivity index is 2.05. The molecule has 0 spiro atoms. The van der Waals surface area contributed by atoms with Crippen molar-refractivity contribution in [3.05, 3.63) is 80.8 Å². The molecule has 19 heteroatoms. The van der Waals surface area contributed by atoms with Crippen LogP contribution in [0.4, 0.5) is 59.7 Å². The van der Waals surface area contributed by atoms with Crippen molar-refractivity contribution in [2.75, 3.05) is 10.6 Å². The van der Waals surface area contributed by atoms with Crippen molar-refractivity contribution in [1.82, 2.24) is 4.98 Å². The third-order valence-electron chi connectivity index (χ3n) is 5.19. The van der Waals surface area contributed by atoms with Crippen molar-refractivity contribution in [3.8, 4) is 5.75 Å². The second-order valence-corrected chi connectivity index (χ2v) is 9.16. The summed E-state index contributed by atoms with van der Waals surface area (Å²) in [5.41, 5.74) is -11.6. The number of nitrogens with zero attached hydrogens (tertiary/aromatic N) is 1. The van der Waals surface area contributed by atoms with Gasteiger partial charge in [0.1, 0.15) is 5.15 Å². The Morgan fingerprint density at radius 3 is 1.95 bits per heavy atom. The molecular weight excluding hydrogens is 691 g/mol. The van der Waals surface area contributed by atoms with Gasteiger partial charge in [0.05, 0.1) is 22.5 Å². The normalized spacial score (nSPS) is 12.6. The predicted octanol–water partition coefficient (Wildman–Crippen LogP) is 8.33. The summed E-state index contributed by atoms with van der Waals surface area (Å²) < 4.78 is 150. The molecule has 0 saturated carbocycles. The molecule has 0 fully saturated rings. The number of alkyl halides is 10. The highest BCUT2D eigenvalue weighted by atomic mass is 79.9. The Kier molecular flexibility index (Phi) is 9.03. The van der Waals surface area contributed by atoms with Gasteiger partial charge in [0, 0.05) is 16.2 Å². The number of nitrogens with one attached hydrogen (secondary N) is 2. The molecule has 226 valence electrons. The van der Waals surface area contributed by atoms with Gasteiger partial charge in [-0.2, -0.15) is 26.3 Å². The van der Waals surface area contributed by atoms with E-state index in [2.05, 4.69) is 31.0 Å². The number of pyridine rings is 1. The van der Waals surface area contributed by atoms with E-state index >= 15 is 4.39 Å². The van der Waals surface area contributed by atoms with Gasteiger partial charge in [-0.1, -0.05) is 17.7 Å². The number of ether oxygens (including phenoxy) is 1. The first-order chi connectivity index (χ1) is 19.2. The number of carbonyl (C=O) groups excluding carboxylic acids is 2. The van der Waals surface area contributed by atoms with Gasteiger partial charge in [0.15, 0.2) is 11.6 Å². The minimum absolute atomic E-state index is 0.190. The molecule has 0 saturated heterocycles. The van der Waals surface area contributed by atoms with E-state index < -0.39 is 80.8 Å². The van der Waals surface area contributed by atoms with Gasteiger partial charge in [-0.15, -0.1) is 13.2 Å². The third-order valence-corrected chi connectivity index (χ3v) is 6.12. The van der Waals surface area contributed by atoms with Crippen LogP contribution >= 0.6 is 27.5 Å². The fraction of sp³-hybridized carbons (Fsp3) is 0.174. The van der Waals surface area contributed by atoms with Crippen molar-refractivity contribution in [2.45, 2.75) is 24.4 Å². The Morgan fingerprint density at radius 1 is 0.833 bits per heavy atom. The highest BCUT2D eigenvalue weighted by Crippen LogP contribution is 2.55. The van der Waals surface area contributed by atoms with Crippen LogP contribution in [0.5, 0.6) is 5.75 Å². The monoisotopic (exact) mass is 699 g/mol. The average Bonchev–Trinajstić information content (AvgIpc) is 2.84. The maximum atomic E-state index is 15.1. The van der Waals surface area contributed by atoms with Crippen LogP contribution in [0.15, 0.2) is 53.1 Å². The number of aromatic nitrogens is 1. The molecule has 2 aromatic carbocycles. The average molecular weight is 701 g/mol. The van der Waals surface area contributed by atoms with Gasteiger partial charge in [-0.05, 0) is 52.3 Å². The molecule has 0 atom stereocenters. The summed E-state index contributed by atoms with van der Waals surface area (Å²) in [6, 6.07) is 4.52. The van der Waals surface area contributed by atoms with Gasteiger partial charge in [0.2, 0.25) is 0 Å². The summed E-state index contributed by atoms with van der Waals surface area (Å²) in [4.78, 5) is 28.8. The Bertz CT molecular complexity index is 1510. The topological polar surface area (TPSA) is 80.3 Å². The summed E-state index contributed by atoms with van der Waals surface area (Å²) in [5.74, 6) is -5.98. The van der Waals surface area contributed by atoms with Crippen molar-refractivity contribution < 1.29 is 62.6 Å². The molecule has 6 nitrogen and oxygen atoms in total. The fourth-order valence-corrected chi connectivity index (χ4v) is 4.07. The first-order valence-corrected chi connectivity index (χ1v) is 11.8. The van der Waals surface area contributed by atoms with Gasteiger partial charge < -0.3 is 15.4 Å². The zero-order valence-corrected chi connectivity index (χ0v) is 22.0. The van der Waals surface area contributed by atoms with Gasteiger partial charge in [-0.3, -0.25) is 9.59 Å². The largest absolute Gasteiger partial charge is 0.573 e. The van der Waals surface area contributed by atoms with Crippen LogP contribution in [0, 0.1) is 5.82 Å². The molecule has 0 aliphatic heterocycles. The fourth-order valence-electron chi connectivity index (χ4n) is 3.32. The number of rotatable bonds is 6. The molecule has 0 radical (unpaired) electrons. The third kappa shape index (κ3) is 6.69. The number of amides is 2. The first kappa shape index (κ1) is 32.8. The molecule has 2 N–H and O–H groups in total. The van der Waals surface area contributed by atoms with E-state index in [-0.39, 0.29) is 16.8 Å². The maximum Gasteiger partial charge on any atom is 0.573 e. The van der Waals surface area contributed by atoms with Gasteiger partial charge >= 0.3 is 24.4 Å². The van der Waals surface area contributed by atoms with E-state index in [0.29, 0.717) is 0 Å². The minimum atomic E-state index is -6.70. The minimum Gasteiger partial charge on any atom is -0.404 e. The number of anilines is 2. The number of carbonyl (C=O) groups is 2. The second kappa shape index (κ2) is 11.5. The van der Waals surface area contributed by atoms with Crippen LogP contribution in [-0.2, 0) is 5.67 Å². The van der Waals surface area contributed by atoms with Crippen molar-refractivity contribution in [1.29, 1.82) is 0 Å². The summed E-state index contributed by atoms with van der Waals surface area (Å²) >= 11 is 8.19. The molecule has 1 heterocycles. The van der Waals surface area contributed by atoms with Gasteiger partial charge in [-0.25, -0.2) is 13.8 Å². The Morgan fingerprint density at radius 2 is 1.40 bits per heavy atom. The van der Waals surface area contributed by atoms with E-state index in [1.165, 1.54) is 18.3 Å². The second-order valence-electron chi connectivity index (χ2n) is 7.95. The van der Waals surface area contributed by atoms with Crippen LogP contribution in [0.1, 0.15) is 26.3 Å². The number of hydrogen-bond donors (Lipinski definition) is 2. The van der Waals surface area contributed by atoms with Crippen LogP contribution in [0.2, 0.25) is 5.15 Å². The molecule has 0 bridgehead atoms. The van der Waals surface area contributed by atoms with E-state index in [1.54, 1.807) is 5.32 Å². The highest BCUT2D eigenvalue weighted by molar-refractivity contribution is 9.10. The molecule has 0 aliphatic carbocycles. The van der Waals surface area contributed by atoms with E-state index in [0.717, 1.165) is 18.2 Å². The van der Waals surface area contributed by atoms with E-state index in [9.17, 15) is 53.5 Å². The molecule has 2 amide bonds. The molecule has 3 aromatic rings. The molecule has 42 heavy (non-hydrogen) atoms. The standard InChI is InChI=1S/C23H10BrClF11N3O3/c24-12-7-9(20(27,21(28,29)30)22(31,32)33)8-14(42-23(34,35)36)16(12)39-18(40)10-3-1-5-13(15(10)26)38-19(41)11-4-2-6-37-17(11)25/h1-8H,(H,38,41)(H,39,40). The smallest absolute Gasteiger partial charge is 0.404 e. The lowest BCUT2D eigenvalue weighted by Crippen LogP contribution is -2.50. The van der Waals surface area contributed by atoms with Crippen LogP contribution in [0.3, 0.4) is 0 Å². The number of hydrogen-bond acceptors (Lipinski definition) is 4. The SMILES string of the molecule is O=C(Nc1cccc(C(=O)Nc2c(Br)cc(C(F)(C(F)(F)F)C(F)(F)F)cc2OC(F)(F)F)c1F)c1cccnc1Cl. The Hall–Kier alpha value is -3.67. The summed E-state index contributed by atoms with van der Waals surface area (Å²) in [5, 5.41) is 3.46. The van der Waals surface area contributed by atoms with Crippen molar-refractivity contribution >= 4 is 50.7 Å². The van der Waals surface area contributed by atoms with E-state index in [4.69, 9.17) is 11.6 Å². The summed E-state index contributed by atoms with van der Waals surface area (Å²) in [6.07, 6.45) is -17.9. The van der Waals surface area contributed by atoms with Crippen LogP contribution in [-0.4, -0.2) is 35.5 Å². The van der Waals surface area contributed by atoms with Crippen molar-refractivity contribution in [3.63, 3.8) is 0 Å². The van der Waals surface area contributed by atoms with Crippen LogP contribution < -0.4 is 15.4 Å². The molecule has 0 unspecified atom stereocenters. The quantitative estimate of drug-likeness (QED) is 0.200. The van der Waals surface area contributed by atoms with Crippen molar-refractivity contribution in [2.24, 2.45) is 0 Å². The number of benzene rings is 2. The van der Waals surface area contributed by atoms with Crippen LogP contribution in [0.25, 0.3) is 0 Å². The van der Waals surface area contributed by atoms with E-state index in [1.807, 2.05) is 0 Å². The predicted molar refractivity (Wildman–Crippen MR) is 127 cm³/mol. The zero-order chi connectivity index (χ0) is 31.8. The molecule has 0 aliphatic rings. The lowest BCUT2D eigenvalue weighted by atomic mass is 9.93. The maximum absolute atomic E-state index is 15.1. The van der Waals surface area contributed by atoms with Gasteiger partial charge in [0.25, 0.3) is 11.8 Å². The summed E-state index contributed by atoms with van der Waals surface area (Å²) in [6.45, 7) is 0. The lowest BCUT2D eigenvalue weighted by molar-refractivity contribution is -0.348.